The first-order valence-electron chi connectivity index (χ1n) is 6.85. The van der Waals surface area contributed by atoms with Gasteiger partial charge in [0.15, 0.2) is 6.54 Å². The zero-order valence-electron chi connectivity index (χ0n) is 12.3. The van der Waals surface area contributed by atoms with E-state index in [0.717, 1.165) is 16.5 Å². The number of carbonyl (C=O) groups is 1. The van der Waals surface area contributed by atoms with Gasteiger partial charge in [-0.2, -0.15) is 0 Å². The van der Waals surface area contributed by atoms with Gasteiger partial charge in [-0.3, -0.25) is 4.79 Å². The van der Waals surface area contributed by atoms with Gasteiger partial charge in [-0.25, -0.2) is 4.39 Å². The normalized spacial score (nSPS) is 12.0. The summed E-state index contributed by atoms with van der Waals surface area (Å²) in [5.41, 5.74) is 1.07. The molecule has 0 aromatic heterocycles. The Balaban J connectivity index is 1.92. The molecule has 122 valence electrons. The molecule has 0 spiro atoms. The van der Waals surface area contributed by atoms with E-state index in [2.05, 4.69) is 5.32 Å². The number of benzene rings is 2. The van der Waals surface area contributed by atoms with Crippen LogP contribution < -0.4 is 10.2 Å². The van der Waals surface area contributed by atoms with Crippen molar-refractivity contribution in [1.82, 2.24) is 0 Å². The number of anilines is 1. The van der Waals surface area contributed by atoms with Crippen molar-refractivity contribution >= 4 is 46.4 Å². The molecule has 0 bridgehead atoms. The number of quaternary nitrogens is 1. The van der Waals surface area contributed by atoms with Gasteiger partial charge in [-0.15, -0.1) is 0 Å². The lowest BCUT2D eigenvalue weighted by Crippen LogP contribution is -3.08. The Kier molecular flexibility index (Phi) is 6.25. The van der Waals surface area contributed by atoms with Crippen molar-refractivity contribution in [3.63, 3.8) is 0 Å². The van der Waals surface area contributed by atoms with Crippen molar-refractivity contribution in [2.24, 2.45) is 0 Å². The number of amides is 1. The van der Waals surface area contributed by atoms with Crippen molar-refractivity contribution in [2.45, 2.75) is 6.54 Å². The maximum atomic E-state index is 13.6. The number of rotatable bonds is 5. The molecule has 7 heteroatoms. The molecule has 2 aromatic carbocycles. The summed E-state index contributed by atoms with van der Waals surface area (Å²) in [6.45, 7) is 0.774. The van der Waals surface area contributed by atoms with E-state index in [1.165, 1.54) is 12.1 Å². The van der Waals surface area contributed by atoms with Crippen LogP contribution >= 0.6 is 34.8 Å². The van der Waals surface area contributed by atoms with E-state index >= 15 is 0 Å². The quantitative estimate of drug-likeness (QED) is 0.823. The third-order valence-corrected chi connectivity index (χ3v) is 4.13. The number of nitrogens with one attached hydrogen (secondary N) is 2. The highest BCUT2D eigenvalue weighted by Gasteiger charge is 2.13. The Morgan fingerprint density at radius 1 is 1.13 bits per heavy atom. The van der Waals surface area contributed by atoms with E-state index in [-0.39, 0.29) is 23.2 Å². The molecule has 1 atom stereocenters. The maximum absolute atomic E-state index is 13.6. The van der Waals surface area contributed by atoms with E-state index in [4.69, 9.17) is 34.8 Å². The van der Waals surface area contributed by atoms with Gasteiger partial charge in [-0.1, -0.05) is 40.9 Å². The topological polar surface area (TPSA) is 33.5 Å². The summed E-state index contributed by atoms with van der Waals surface area (Å²) in [4.78, 5) is 12.9. The van der Waals surface area contributed by atoms with Crippen molar-refractivity contribution in [2.75, 3.05) is 18.9 Å². The van der Waals surface area contributed by atoms with Crippen molar-refractivity contribution < 1.29 is 14.1 Å². The molecule has 1 amide bonds. The van der Waals surface area contributed by atoms with Crippen LogP contribution in [0.5, 0.6) is 0 Å². The minimum absolute atomic E-state index is 0.113. The summed E-state index contributed by atoms with van der Waals surface area (Å²) < 4.78 is 13.6. The Labute approximate surface area is 148 Å². The van der Waals surface area contributed by atoms with Crippen molar-refractivity contribution in [3.8, 4) is 0 Å². The van der Waals surface area contributed by atoms with Gasteiger partial charge in [-0.05, 0) is 30.3 Å². The molecule has 0 heterocycles. The summed E-state index contributed by atoms with van der Waals surface area (Å²) in [5.74, 6) is -0.850. The van der Waals surface area contributed by atoms with E-state index in [1.807, 2.05) is 13.1 Å². The minimum Gasteiger partial charge on any atom is -0.326 e. The van der Waals surface area contributed by atoms with Crippen LogP contribution in [0.25, 0.3) is 0 Å². The second-order valence-corrected chi connectivity index (χ2v) is 6.48. The second-order valence-electron chi connectivity index (χ2n) is 5.23. The second kappa shape index (κ2) is 7.97. The summed E-state index contributed by atoms with van der Waals surface area (Å²) >= 11 is 17.5. The van der Waals surface area contributed by atoms with Crippen molar-refractivity contribution in [3.05, 3.63) is 62.8 Å². The highest BCUT2D eigenvalue weighted by Crippen LogP contribution is 2.22. The molecule has 0 radical (unpaired) electrons. The molecule has 0 saturated carbocycles. The molecular formula is C16H15Cl3FN2O+. The Morgan fingerprint density at radius 2 is 1.87 bits per heavy atom. The number of likely N-dealkylation sites (N-methyl/N-ethyl adjacent to an activating group) is 1. The number of hydrogen-bond donors (Lipinski definition) is 2. The fraction of sp³-hybridized carbons (Fsp3) is 0.188. The molecule has 2 rings (SSSR count). The minimum atomic E-state index is -0.562. The van der Waals surface area contributed by atoms with Crippen LogP contribution in [0.3, 0.4) is 0 Å². The van der Waals surface area contributed by atoms with E-state index < -0.39 is 5.82 Å². The van der Waals surface area contributed by atoms with Crippen LogP contribution in [0, 0.1) is 5.82 Å². The van der Waals surface area contributed by atoms with Gasteiger partial charge in [0.1, 0.15) is 12.4 Å². The smallest absolute Gasteiger partial charge is 0.279 e. The lowest BCUT2D eigenvalue weighted by atomic mass is 10.2. The zero-order valence-corrected chi connectivity index (χ0v) is 14.6. The molecule has 0 aliphatic rings. The van der Waals surface area contributed by atoms with E-state index in [0.29, 0.717) is 16.6 Å². The molecule has 1 unspecified atom stereocenters. The largest absolute Gasteiger partial charge is 0.326 e. The lowest BCUT2D eigenvalue weighted by molar-refractivity contribution is -0.885. The molecule has 0 fully saturated rings. The van der Waals surface area contributed by atoms with Gasteiger partial charge < -0.3 is 10.2 Å². The number of carbonyl (C=O) groups excluding carboxylic acids is 1. The fourth-order valence-electron chi connectivity index (χ4n) is 2.12. The molecule has 2 aromatic rings. The first-order chi connectivity index (χ1) is 10.8. The Morgan fingerprint density at radius 3 is 2.52 bits per heavy atom. The zero-order chi connectivity index (χ0) is 17.0. The lowest BCUT2D eigenvalue weighted by Gasteiger charge is -2.14. The van der Waals surface area contributed by atoms with Gasteiger partial charge in [0.25, 0.3) is 5.91 Å². The molecule has 23 heavy (non-hydrogen) atoms. The predicted octanol–water partition coefficient (Wildman–Crippen LogP) is 3.44. The molecule has 0 aliphatic carbocycles. The van der Waals surface area contributed by atoms with Crippen molar-refractivity contribution in [1.29, 1.82) is 0 Å². The highest BCUT2D eigenvalue weighted by atomic mass is 35.5. The summed E-state index contributed by atoms with van der Waals surface area (Å²) in [6.07, 6.45) is 0. The SMILES string of the molecule is C[NH+](CC(=O)Nc1ccc(Cl)cc1F)Cc1ccc(Cl)c(Cl)c1. The third kappa shape index (κ3) is 5.36. The summed E-state index contributed by atoms with van der Waals surface area (Å²) in [7, 11) is 1.86. The first kappa shape index (κ1) is 18.0. The Bertz CT molecular complexity index is 724. The average Bonchev–Trinajstić information content (AvgIpc) is 2.46. The summed E-state index contributed by atoms with van der Waals surface area (Å²) in [6, 6.07) is 9.45. The first-order valence-corrected chi connectivity index (χ1v) is 7.98. The molecule has 2 N–H and O–H groups in total. The Hall–Kier alpha value is -1.33. The van der Waals surface area contributed by atoms with Gasteiger partial charge in [0.05, 0.1) is 22.8 Å². The van der Waals surface area contributed by atoms with Crippen LogP contribution in [0.4, 0.5) is 10.1 Å². The van der Waals surface area contributed by atoms with Crippen LogP contribution in [-0.2, 0) is 11.3 Å². The molecular weight excluding hydrogens is 362 g/mol. The number of hydrogen-bond acceptors (Lipinski definition) is 1. The maximum Gasteiger partial charge on any atom is 0.279 e. The average molecular weight is 377 g/mol. The van der Waals surface area contributed by atoms with Crippen LogP contribution in [-0.4, -0.2) is 19.5 Å². The van der Waals surface area contributed by atoms with Crippen LogP contribution in [0.1, 0.15) is 5.56 Å². The highest BCUT2D eigenvalue weighted by molar-refractivity contribution is 6.42. The third-order valence-electron chi connectivity index (χ3n) is 3.16. The van der Waals surface area contributed by atoms with Gasteiger partial charge in [0, 0.05) is 10.6 Å². The molecule has 0 saturated heterocycles. The number of halogens is 4. The van der Waals surface area contributed by atoms with Crippen LogP contribution in [0.2, 0.25) is 15.1 Å². The van der Waals surface area contributed by atoms with Gasteiger partial charge in [0.2, 0.25) is 0 Å². The van der Waals surface area contributed by atoms with E-state index in [1.54, 1.807) is 12.1 Å². The predicted molar refractivity (Wildman–Crippen MR) is 92.0 cm³/mol. The van der Waals surface area contributed by atoms with E-state index in [9.17, 15) is 9.18 Å². The standard InChI is InChI=1S/C16H14Cl3FN2O/c1-22(8-10-2-4-12(18)13(19)6-10)9-16(23)21-15-5-3-11(17)7-14(15)20/h2-7H,8-9H2,1H3,(H,21,23)/p+1. The van der Waals surface area contributed by atoms with Gasteiger partial charge >= 0.3 is 0 Å². The molecule has 3 nitrogen and oxygen atoms in total. The fourth-order valence-corrected chi connectivity index (χ4v) is 2.60. The van der Waals surface area contributed by atoms with Crippen LogP contribution in [0.15, 0.2) is 36.4 Å². The monoisotopic (exact) mass is 375 g/mol. The molecule has 0 aliphatic heterocycles. The summed E-state index contributed by atoms with van der Waals surface area (Å²) in [5, 5.41) is 3.78.